The molecule has 0 radical (unpaired) electrons. The number of nitrogens with one attached hydrogen (secondary N) is 1. The number of alkyl halides is 3. The van der Waals surface area contributed by atoms with E-state index in [1.54, 1.807) is 6.07 Å². The van der Waals surface area contributed by atoms with Crippen LogP contribution in [0.25, 0.3) is 0 Å². The average Bonchev–Trinajstić information content (AvgIpc) is 2.10. The van der Waals surface area contributed by atoms with Crippen molar-refractivity contribution in [1.82, 2.24) is 5.32 Å². The predicted octanol–water partition coefficient (Wildman–Crippen LogP) is 3.24. The van der Waals surface area contributed by atoms with Gasteiger partial charge in [0.2, 0.25) is 0 Å². The Balaban J connectivity index is 2.55. The molecule has 0 aliphatic heterocycles. The molecule has 0 saturated heterocycles. The number of benzene rings is 1. The molecule has 84 valence electrons. The van der Waals surface area contributed by atoms with E-state index < -0.39 is 18.5 Å². The highest BCUT2D eigenvalue weighted by Gasteiger charge is 2.26. The molecule has 1 N–H and O–H groups in total. The first kappa shape index (κ1) is 12.4. The van der Waals surface area contributed by atoms with Gasteiger partial charge in [-0.1, -0.05) is 12.1 Å². The quantitative estimate of drug-likeness (QED) is 0.841. The summed E-state index contributed by atoms with van der Waals surface area (Å²) in [6.07, 6.45) is -4.25. The van der Waals surface area contributed by atoms with Crippen LogP contribution in [0.15, 0.2) is 22.7 Å². The Morgan fingerprint density at radius 1 is 1.27 bits per heavy atom. The maximum atomic E-state index is 12.9. The van der Waals surface area contributed by atoms with Gasteiger partial charge in [-0.3, -0.25) is 0 Å². The van der Waals surface area contributed by atoms with Gasteiger partial charge < -0.3 is 5.32 Å². The minimum absolute atomic E-state index is 0.0299. The summed E-state index contributed by atoms with van der Waals surface area (Å²) in [6.45, 7) is -1.12. The largest absolute Gasteiger partial charge is 0.401 e. The summed E-state index contributed by atoms with van der Waals surface area (Å²) in [4.78, 5) is 0. The molecule has 0 spiro atoms. The van der Waals surface area contributed by atoms with Crippen LogP contribution in [0.2, 0.25) is 0 Å². The third-order valence-corrected chi connectivity index (χ3v) is 2.56. The van der Waals surface area contributed by atoms with Crippen molar-refractivity contribution in [2.24, 2.45) is 0 Å². The van der Waals surface area contributed by atoms with Crippen molar-refractivity contribution < 1.29 is 17.6 Å². The fourth-order valence-electron chi connectivity index (χ4n) is 1.02. The van der Waals surface area contributed by atoms with Crippen LogP contribution in [0.5, 0.6) is 0 Å². The van der Waals surface area contributed by atoms with E-state index in [0.717, 1.165) is 0 Å². The molecule has 0 aromatic heterocycles. The van der Waals surface area contributed by atoms with Gasteiger partial charge in [0.25, 0.3) is 0 Å². The normalized spacial score (nSPS) is 11.8. The Labute approximate surface area is 92.6 Å². The molecule has 0 aliphatic rings. The highest BCUT2D eigenvalue weighted by molar-refractivity contribution is 9.10. The fraction of sp³-hybridized carbons (Fsp3) is 0.333. The van der Waals surface area contributed by atoms with E-state index in [4.69, 9.17) is 0 Å². The average molecular weight is 286 g/mol. The van der Waals surface area contributed by atoms with Crippen molar-refractivity contribution in [3.63, 3.8) is 0 Å². The first-order valence-corrected chi connectivity index (χ1v) is 4.90. The Bertz CT molecular complexity index is 337. The molecule has 1 aromatic rings. The van der Waals surface area contributed by atoms with E-state index in [9.17, 15) is 17.6 Å². The zero-order valence-corrected chi connectivity index (χ0v) is 9.12. The second-order valence-corrected chi connectivity index (χ2v) is 3.72. The predicted molar refractivity (Wildman–Crippen MR) is 51.9 cm³/mol. The number of hydrogen-bond donors (Lipinski definition) is 1. The molecule has 0 heterocycles. The minimum atomic E-state index is -4.25. The number of rotatable bonds is 3. The summed E-state index contributed by atoms with van der Waals surface area (Å²) in [5.41, 5.74) is 0.458. The van der Waals surface area contributed by atoms with Gasteiger partial charge in [-0.2, -0.15) is 13.2 Å². The summed E-state index contributed by atoms with van der Waals surface area (Å²) >= 11 is 2.96. The van der Waals surface area contributed by atoms with E-state index in [1.165, 1.54) is 12.1 Å². The molecular formula is C9H8BrF4N. The van der Waals surface area contributed by atoms with Crippen LogP contribution in [0.4, 0.5) is 17.6 Å². The first-order chi connectivity index (χ1) is 6.90. The minimum Gasteiger partial charge on any atom is -0.305 e. The molecule has 0 bridgehead atoms. The molecule has 0 fully saturated rings. The van der Waals surface area contributed by atoms with Crippen molar-refractivity contribution in [2.45, 2.75) is 12.7 Å². The van der Waals surface area contributed by atoms with Crippen molar-refractivity contribution >= 4 is 15.9 Å². The van der Waals surface area contributed by atoms with Gasteiger partial charge in [0.1, 0.15) is 5.82 Å². The monoisotopic (exact) mass is 285 g/mol. The highest BCUT2D eigenvalue weighted by atomic mass is 79.9. The van der Waals surface area contributed by atoms with Gasteiger partial charge in [-0.05, 0) is 27.6 Å². The third kappa shape index (κ3) is 4.17. The van der Waals surface area contributed by atoms with Crippen molar-refractivity contribution in [1.29, 1.82) is 0 Å². The molecule has 1 aromatic carbocycles. The van der Waals surface area contributed by atoms with E-state index in [2.05, 4.69) is 21.2 Å². The third-order valence-electron chi connectivity index (χ3n) is 1.67. The van der Waals surface area contributed by atoms with Gasteiger partial charge in [0, 0.05) is 6.54 Å². The van der Waals surface area contributed by atoms with Crippen LogP contribution in [0.3, 0.4) is 0 Å². The van der Waals surface area contributed by atoms with Gasteiger partial charge in [-0.15, -0.1) is 0 Å². The lowest BCUT2D eigenvalue weighted by Gasteiger charge is -2.09. The van der Waals surface area contributed by atoms with Gasteiger partial charge in [-0.25, -0.2) is 4.39 Å². The molecule has 0 unspecified atom stereocenters. The molecule has 1 rings (SSSR count). The summed E-state index contributed by atoms with van der Waals surface area (Å²) in [7, 11) is 0. The van der Waals surface area contributed by atoms with Gasteiger partial charge >= 0.3 is 6.18 Å². The van der Waals surface area contributed by atoms with E-state index in [-0.39, 0.29) is 11.0 Å². The number of halogens is 5. The second-order valence-electron chi connectivity index (χ2n) is 2.93. The van der Waals surface area contributed by atoms with E-state index >= 15 is 0 Å². The molecule has 15 heavy (non-hydrogen) atoms. The highest BCUT2D eigenvalue weighted by Crippen LogP contribution is 2.20. The van der Waals surface area contributed by atoms with E-state index in [0.29, 0.717) is 5.56 Å². The Hall–Kier alpha value is -0.620. The van der Waals surface area contributed by atoms with Gasteiger partial charge in [0.05, 0.1) is 11.0 Å². The summed E-state index contributed by atoms with van der Waals surface area (Å²) in [6, 6.07) is 4.23. The fourth-order valence-corrected chi connectivity index (χ4v) is 1.43. The zero-order chi connectivity index (χ0) is 11.5. The molecule has 1 nitrogen and oxygen atoms in total. The lowest BCUT2D eigenvalue weighted by molar-refractivity contribution is -0.125. The first-order valence-electron chi connectivity index (χ1n) is 4.10. The zero-order valence-electron chi connectivity index (χ0n) is 7.54. The van der Waals surface area contributed by atoms with Crippen molar-refractivity contribution in [3.05, 3.63) is 34.1 Å². The maximum Gasteiger partial charge on any atom is 0.401 e. The summed E-state index contributed by atoms with van der Waals surface area (Å²) in [5, 5.41) is 2.19. The van der Waals surface area contributed by atoms with Crippen LogP contribution in [0, 0.1) is 5.82 Å². The molecule has 0 atom stereocenters. The SMILES string of the molecule is Fc1cccc(CNCC(F)(F)F)c1Br. The van der Waals surface area contributed by atoms with Crippen LogP contribution in [0.1, 0.15) is 5.56 Å². The molecule has 0 saturated carbocycles. The van der Waals surface area contributed by atoms with Crippen LogP contribution < -0.4 is 5.32 Å². The molecule has 0 amide bonds. The van der Waals surface area contributed by atoms with Crippen LogP contribution in [-0.2, 0) is 6.54 Å². The van der Waals surface area contributed by atoms with Crippen molar-refractivity contribution in [3.8, 4) is 0 Å². The Morgan fingerprint density at radius 2 is 1.93 bits per heavy atom. The maximum absolute atomic E-state index is 12.9. The summed E-state index contributed by atoms with van der Waals surface area (Å²) < 4.78 is 48.5. The molecular weight excluding hydrogens is 278 g/mol. The molecule has 0 aliphatic carbocycles. The smallest absolute Gasteiger partial charge is 0.305 e. The topological polar surface area (TPSA) is 12.0 Å². The summed E-state index contributed by atoms with van der Waals surface area (Å²) in [5.74, 6) is -0.485. The Morgan fingerprint density at radius 3 is 2.53 bits per heavy atom. The number of hydrogen-bond acceptors (Lipinski definition) is 1. The van der Waals surface area contributed by atoms with E-state index in [1.807, 2.05) is 0 Å². The molecule has 6 heteroatoms. The standard InChI is InChI=1S/C9H8BrF4N/c10-8-6(2-1-3-7(8)11)4-15-5-9(12,13)14/h1-3,15H,4-5H2. The van der Waals surface area contributed by atoms with Gasteiger partial charge in [0.15, 0.2) is 0 Å². The lowest BCUT2D eigenvalue weighted by atomic mass is 10.2. The lowest BCUT2D eigenvalue weighted by Crippen LogP contribution is -2.28. The Kier molecular flexibility index (Phi) is 4.10. The van der Waals surface area contributed by atoms with Crippen LogP contribution >= 0.6 is 15.9 Å². The second kappa shape index (κ2) is 4.94. The van der Waals surface area contributed by atoms with Crippen LogP contribution in [-0.4, -0.2) is 12.7 Å². The van der Waals surface area contributed by atoms with Crippen molar-refractivity contribution in [2.75, 3.05) is 6.54 Å².